The van der Waals surface area contributed by atoms with Crippen molar-refractivity contribution in [3.63, 3.8) is 0 Å². The molecule has 3 heterocycles. The van der Waals surface area contributed by atoms with Gasteiger partial charge in [0, 0.05) is 22.0 Å². The molecule has 3 aromatic rings. The molecule has 0 bridgehead atoms. The zero-order chi connectivity index (χ0) is 20.3. The third-order valence-corrected chi connectivity index (χ3v) is 6.69. The van der Waals surface area contributed by atoms with Crippen molar-refractivity contribution >= 4 is 28.6 Å². The Labute approximate surface area is 179 Å². The smallest absolute Gasteiger partial charge is 0.233 e. The number of para-hydroxylation sites is 1. The van der Waals surface area contributed by atoms with Gasteiger partial charge < -0.3 is 19.3 Å². The molecule has 2 aliphatic rings. The maximum Gasteiger partial charge on any atom is 0.233 e. The van der Waals surface area contributed by atoms with Crippen LogP contribution in [-0.4, -0.2) is 54.5 Å². The number of aromatic nitrogens is 1. The van der Waals surface area contributed by atoms with E-state index in [-0.39, 0.29) is 5.91 Å². The Morgan fingerprint density at radius 3 is 2.80 bits per heavy atom. The molecule has 1 aromatic heterocycles. The number of hydrogen-bond donors (Lipinski definition) is 1. The molecule has 154 valence electrons. The van der Waals surface area contributed by atoms with Crippen LogP contribution in [0, 0.1) is 0 Å². The number of piperazine rings is 1. The Kier molecular flexibility index (Phi) is 5.46. The fourth-order valence-corrected chi connectivity index (χ4v) is 4.96. The summed E-state index contributed by atoms with van der Waals surface area (Å²) in [5.41, 5.74) is 2.21. The molecular weight excluding hydrogens is 398 g/mol. The van der Waals surface area contributed by atoms with Gasteiger partial charge in [0.1, 0.15) is 6.54 Å². The van der Waals surface area contributed by atoms with Crippen molar-refractivity contribution in [2.45, 2.75) is 11.4 Å². The zero-order valence-corrected chi connectivity index (χ0v) is 17.5. The maximum atomic E-state index is 12.7. The van der Waals surface area contributed by atoms with Crippen LogP contribution >= 0.6 is 11.8 Å². The molecule has 0 aliphatic carbocycles. The van der Waals surface area contributed by atoms with E-state index in [0.29, 0.717) is 12.5 Å². The number of nitrogens with zero attached hydrogens (tertiary/aromatic N) is 2. The lowest BCUT2D eigenvalue weighted by molar-refractivity contribution is -0.917. The summed E-state index contributed by atoms with van der Waals surface area (Å²) in [7, 11) is 0. The third kappa shape index (κ3) is 4.08. The van der Waals surface area contributed by atoms with Gasteiger partial charge in [0.2, 0.25) is 12.7 Å². The van der Waals surface area contributed by atoms with Crippen molar-refractivity contribution < 1.29 is 19.2 Å². The molecule has 6 nitrogen and oxygen atoms in total. The Bertz CT molecular complexity index is 1060. The highest BCUT2D eigenvalue weighted by Gasteiger charge is 2.24. The summed E-state index contributed by atoms with van der Waals surface area (Å²) >= 11 is 1.58. The summed E-state index contributed by atoms with van der Waals surface area (Å²) in [5, 5.41) is 1.11. The minimum absolute atomic E-state index is 0.204. The molecule has 30 heavy (non-hydrogen) atoms. The van der Waals surface area contributed by atoms with E-state index in [1.54, 1.807) is 18.0 Å². The Morgan fingerprint density at radius 2 is 1.90 bits per heavy atom. The normalized spacial score (nSPS) is 16.2. The van der Waals surface area contributed by atoms with Gasteiger partial charge >= 0.3 is 0 Å². The van der Waals surface area contributed by atoms with E-state index in [9.17, 15) is 4.79 Å². The van der Waals surface area contributed by atoms with Crippen molar-refractivity contribution in [2.24, 2.45) is 0 Å². The summed E-state index contributed by atoms with van der Waals surface area (Å²) in [5.74, 6) is 2.31. The summed E-state index contributed by atoms with van der Waals surface area (Å²) in [6.45, 7) is 4.76. The molecule has 1 fully saturated rings. The molecule has 2 aliphatic heterocycles. The first-order valence-corrected chi connectivity index (χ1v) is 11.2. The average molecular weight is 423 g/mol. The number of fused-ring (bicyclic) bond motifs is 2. The van der Waals surface area contributed by atoms with E-state index in [2.05, 4.69) is 29.2 Å². The largest absolute Gasteiger partial charge is 0.454 e. The predicted octanol–water partition coefficient (Wildman–Crippen LogP) is 1.98. The Balaban J connectivity index is 1.13. The first-order valence-electron chi connectivity index (χ1n) is 10.2. The van der Waals surface area contributed by atoms with Gasteiger partial charge in [0.15, 0.2) is 11.5 Å². The quantitative estimate of drug-likeness (QED) is 0.638. The SMILES string of the molecule is O=C(CSc1cccc2cccnc12)N1CC[NH+](Cc2ccc3c(c2)OCO3)CC1. The zero-order valence-electron chi connectivity index (χ0n) is 16.7. The van der Waals surface area contributed by atoms with Crippen molar-refractivity contribution in [1.82, 2.24) is 9.88 Å². The molecule has 5 rings (SSSR count). The second-order valence-electron chi connectivity index (χ2n) is 7.62. The van der Waals surface area contributed by atoms with Crippen LogP contribution in [0.2, 0.25) is 0 Å². The highest BCUT2D eigenvalue weighted by molar-refractivity contribution is 8.00. The van der Waals surface area contributed by atoms with Gasteiger partial charge in [-0.3, -0.25) is 9.78 Å². The molecule has 0 atom stereocenters. The number of thioether (sulfide) groups is 1. The summed E-state index contributed by atoms with van der Waals surface area (Å²) in [6, 6.07) is 16.3. The van der Waals surface area contributed by atoms with Crippen LogP contribution in [-0.2, 0) is 11.3 Å². The number of hydrogen-bond acceptors (Lipinski definition) is 5. The van der Waals surface area contributed by atoms with Crippen LogP contribution in [0.5, 0.6) is 11.5 Å². The van der Waals surface area contributed by atoms with Gasteiger partial charge in [-0.1, -0.05) is 18.2 Å². The summed E-state index contributed by atoms with van der Waals surface area (Å²) in [4.78, 5) is 21.8. The molecular formula is C23H24N3O3S+. The van der Waals surface area contributed by atoms with Crippen LogP contribution < -0.4 is 14.4 Å². The van der Waals surface area contributed by atoms with Crippen LogP contribution in [0.4, 0.5) is 0 Å². The van der Waals surface area contributed by atoms with E-state index in [1.165, 1.54) is 10.5 Å². The number of nitrogens with one attached hydrogen (secondary N) is 1. The molecule has 1 amide bonds. The van der Waals surface area contributed by atoms with Crippen molar-refractivity contribution in [1.29, 1.82) is 0 Å². The van der Waals surface area contributed by atoms with Gasteiger partial charge in [-0.25, -0.2) is 0 Å². The lowest BCUT2D eigenvalue weighted by Crippen LogP contribution is -3.13. The molecule has 1 N–H and O–H groups in total. The van der Waals surface area contributed by atoms with Crippen LogP contribution in [0.1, 0.15) is 5.56 Å². The highest BCUT2D eigenvalue weighted by atomic mass is 32.2. The first-order chi connectivity index (χ1) is 14.8. The van der Waals surface area contributed by atoms with E-state index in [0.717, 1.165) is 60.0 Å². The Morgan fingerprint density at radius 1 is 1.07 bits per heavy atom. The number of rotatable bonds is 5. The number of quaternary nitrogens is 1. The van der Waals surface area contributed by atoms with Gasteiger partial charge in [-0.2, -0.15) is 0 Å². The maximum absolute atomic E-state index is 12.7. The molecule has 0 radical (unpaired) electrons. The van der Waals surface area contributed by atoms with Crippen molar-refractivity contribution in [2.75, 3.05) is 38.7 Å². The van der Waals surface area contributed by atoms with E-state index in [4.69, 9.17) is 9.47 Å². The van der Waals surface area contributed by atoms with Gasteiger partial charge in [-0.15, -0.1) is 11.8 Å². The monoisotopic (exact) mass is 422 g/mol. The van der Waals surface area contributed by atoms with Gasteiger partial charge in [0.25, 0.3) is 0 Å². The van der Waals surface area contributed by atoms with Crippen LogP contribution in [0.3, 0.4) is 0 Å². The number of carbonyl (C=O) groups excluding carboxylic acids is 1. The first kappa shape index (κ1) is 19.2. The van der Waals surface area contributed by atoms with Crippen LogP contribution in [0.25, 0.3) is 10.9 Å². The van der Waals surface area contributed by atoms with E-state index < -0.39 is 0 Å². The number of benzene rings is 2. The third-order valence-electron chi connectivity index (χ3n) is 5.66. The highest BCUT2D eigenvalue weighted by Crippen LogP contribution is 2.32. The van der Waals surface area contributed by atoms with Crippen molar-refractivity contribution in [3.8, 4) is 11.5 Å². The second kappa shape index (κ2) is 8.53. The molecule has 0 saturated carbocycles. The molecule has 1 saturated heterocycles. The molecule has 0 spiro atoms. The lowest BCUT2D eigenvalue weighted by atomic mass is 10.1. The topological polar surface area (TPSA) is 56.1 Å². The van der Waals surface area contributed by atoms with Gasteiger partial charge in [-0.05, 0) is 30.3 Å². The Hall–Kier alpha value is -2.77. The predicted molar refractivity (Wildman–Crippen MR) is 116 cm³/mol. The fraction of sp³-hybridized carbons (Fsp3) is 0.304. The standard InChI is InChI=1S/C23H23N3O3S/c27-22(15-30-21-5-1-3-18-4-2-8-24-23(18)21)26-11-9-25(10-12-26)14-17-6-7-19-20(13-17)29-16-28-19/h1-8,13H,9-12,14-16H2/p+1. The van der Waals surface area contributed by atoms with E-state index >= 15 is 0 Å². The molecule has 7 heteroatoms. The lowest BCUT2D eigenvalue weighted by Gasteiger charge is -2.32. The minimum atomic E-state index is 0.204. The fourth-order valence-electron chi connectivity index (χ4n) is 4.01. The second-order valence-corrected chi connectivity index (χ2v) is 8.63. The summed E-state index contributed by atoms with van der Waals surface area (Å²) in [6.07, 6.45) is 1.80. The van der Waals surface area contributed by atoms with Crippen molar-refractivity contribution in [3.05, 3.63) is 60.3 Å². The van der Waals surface area contributed by atoms with E-state index in [1.807, 2.05) is 29.2 Å². The number of carbonyl (C=O) groups is 1. The van der Waals surface area contributed by atoms with Gasteiger partial charge in [0.05, 0.1) is 37.4 Å². The number of pyridine rings is 1. The number of amides is 1. The average Bonchev–Trinajstić information content (AvgIpc) is 3.26. The minimum Gasteiger partial charge on any atom is -0.454 e. The molecule has 0 unspecified atom stereocenters. The van der Waals surface area contributed by atoms with Crippen LogP contribution in [0.15, 0.2) is 59.6 Å². The summed E-state index contributed by atoms with van der Waals surface area (Å²) < 4.78 is 10.9. The molecule has 2 aromatic carbocycles. The number of ether oxygens (including phenoxy) is 2.